The average molecular weight is 844 g/mol. The number of ether oxygens (including phenoxy) is 2. The molecule has 3 fully saturated rings. The Morgan fingerprint density at radius 2 is 1.42 bits per heavy atom. The van der Waals surface area contributed by atoms with E-state index in [2.05, 4.69) is 94.2 Å². The molecule has 14 nitrogen and oxygen atoms in total. The number of nitrogens with one attached hydrogen (secondary N) is 3. The third-order valence-corrected chi connectivity index (χ3v) is 22.4. The van der Waals surface area contributed by atoms with Crippen LogP contribution < -0.4 is 38.2 Å². The average Bonchev–Trinajstić information content (AvgIpc) is 3.61. The van der Waals surface area contributed by atoms with Gasteiger partial charge in [-0.2, -0.15) is 0 Å². The lowest BCUT2D eigenvalue weighted by atomic mass is 10.1. The summed E-state index contributed by atoms with van der Waals surface area (Å²) in [4.78, 5) is 69.4. The van der Waals surface area contributed by atoms with Gasteiger partial charge in [0.15, 0.2) is 8.32 Å². The number of carbonyl (C=O) groups is 1. The standard InChI is InChI=1S/C43H57N5O9Si2/c1-26-24-48(41(53)46-37(26)50)33-22-29(57-58(8,9)42(2,3)4)30(55-33)23-44-38(51)35-34-31(56-39(36(34)35)47-21-20-32(49)45-40(47)52)25-54-59(43(5,6)7,27-16-12-10-13-17-27)28-18-14-11-15-19-28/h10-21,24,29-31,33-36,39H,22-23,25H2,1-9H3,(H,44,51)(H,45,49,52)(H,46,50,53)/t29-,30+,31+,33+,34-,35+,36-,39+/m0/s1. The molecule has 2 aromatic heterocycles. The molecule has 4 aromatic rings. The SMILES string of the molecule is Cc1cn([C@H]2C[C@H](O[Si](C)(C)C(C)(C)C)[C@@H](CNC(=O)[C@H]3[C@@H]4[C@H]3[C@@H](CO[Si](c3ccccc3)(c3ccccc3)C(C)(C)C)O[C@H]4n3ccc(=O)[nH]c3=O)O2)c(=O)[nH]c1=O. The van der Waals surface area contributed by atoms with Crippen molar-refractivity contribution in [2.75, 3.05) is 13.2 Å². The van der Waals surface area contributed by atoms with E-state index in [0.29, 0.717) is 12.0 Å². The summed E-state index contributed by atoms with van der Waals surface area (Å²) in [5.41, 5.74) is -1.81. The quantitative estimate of drug-likeness (QED) is 0.180. The topological polar surface area (TPSA) is 176 Å². The molecule has 2 aliphatic heterocycles. The smallest absolute Gasteiger partial charge is 0.330 e. The van der Waals surface area contributed by atoms with E-state index < -0.39 is 75.8 Å². The van der Waals surface area contributed by atoms with Crippen molar-refractivity contribution in [3.8, 4) is 0 Å². The van der Waals surface area contributed by atoms with Crippen molar-refractivity contribution in [3.05, 3.63) is 126 Å². The second kappa shape index (κ2) is 15.9. The molecule has 4 heterocycles. The van der Waals surface area contributed by atoms with Crippen LogP contribution in [0, 0.1) is 24.7 Å². The van der Waals surface area contributed by atoms with Gasteiger partial charge in [0.25, 0.3) is 19.4 Å². The van der Waals surface area contributed by atoms with Gasteiger partial charge < -0.3 is 23.6 Å². The molecule has 59 heavy (non-hydrogen) atoms. The second-order valence-electron chi connectivity index (χ2n) is 18.7. The highest BCUT2D eigenvalue weighted by Gasteiger charge is 2.68. The van der Waals surface area contributed by atoms with Crippen LogP contribution in [0.1, 0.15) is 66.0 Å². The molecule has 3 aliphatic rings. The fraction of sp³-hybridized carbons (Fsp3) is 0.512. The maximum absolute atomic E-state index is 14.4. The third-order valence-electron chi connectivity index (χ3n) is 12.9. The number of rotatable bonds is 12. The Labute approximate surface area is 345 Å². The van der Waals surface area contributed by atoms with Crippen molar-refractivity contribution in [2.45, 2.75) is 109 Å². The lowest BCUT2D eigenvalue weighted by Gasteiger charge is -2.43. The summed E-state index contributed by atoms with van der Waals surface area (Å²) in [5.74, 6) is -1.40. The number of amides is 1. The van der Waals surface area contributed by atoms with Crippen molar-refractivity contribution in [1.29, 1.82) is 0 Å². The lowest BCUT2D eigenvalue weighted by molar-refractivity contribution is -0.128. The Kier molecular flexibility index (Phi) is 11.5. The van der Waals surface area contributed by atoms with Crippen molar-refractivity contribution >= 4 is 32.9 Å². The van der Waals surface area contributed by atoms with E-state index >= 15 is 0 Å². The molecule has 0 spiro atoms. The van der Waals surface area contributed by atoms with E-state index in [1.807, 2.05) is 36.4 Å². The largest absolute Gasteiger partial charge is 0.411 e. The molecule has 1 aliphatic carbocycles. The number of carbonyl (C=O) groups excluding carboxylic acids is 1. The van der Waals surface area contributed by atoms with Gasteiger partial charge in [0, 0.05) is 48.8 Å². The van der Waals surface area contributed by atoms with Crippen molar-refractivity contribution in [2.24, 2.45) is 17.8 Å². The van der Waals surface area contributed by atoms with Crippen LogP contribution in [-0.2, 0) is 23.1 Å². The minimum absolute atomic E-state index is 0.106. The first kappa shape index (κ1) is 42.7. The number of fused-ring (bicyclic) bond motifs is 1. The van der Waals surface area contributed by atoms with Crippen molar-refractivity contribution < 1.29 is 23.1 Å². The molecule has 316 valence electrons. The predicted octanol–water partition coefficient (Wildman–Crippen LogP) is 3.53. The summed E-state index contributed by atoms with van der Waals surface area (Å²) < 4.78 is 30.0. The second-order valence-corrected chi connectivity index (χ2v) is 27.8. The molecule has 0 unspecified atom stereocenters. The van der Waals surface area contributed by atoms with E-state index in [1.165, 1.54) is 27.6 Å². The number of hydrogen-bond donors (Lipinski definition) is 3. The fourth-order valence-electron chi connectivity index (χ4n) is 8.77. The van der Waals surface area contributed by atoms with Crippen LogP contribution in [0.4, 0.5) is 0 Å². The number of nitrogens with zero attached hydrogens (tertiary/aromatic N) is 2. The van der Waals surface area contributed by atoms with E-state index in [0.717, 1.165) is 10.4 Å². The Bertz CT molecular complexity index is 2360. The first-order valence-corrected chi connectivity index (χ1v) is 25.2. The van der Waals surface area contributed by atoms with Crippen LogP contribution >= 0.6 is 0 Å². The normalized spacial score (nSPS) is 25.8. The summed E-state index contributed by atoms with van der Waals surface area (Å²) in [6.07, 6.45) is 0.139. The van der Waals surface area contributed by atoms with Crippen LogP contribution in [0.2, 0.25) is 23.2 Å². The lowest BCUT2D eigenvalue weighted by Crippen LogP contribution is -2.67. The molecule has 7 rings (SSSR count). The van der Waals surface area contributed by atoms with E-state index in [1.54, 1.807) is 6.92 Å². The Hall–Kier alpha value is -4.46. The summed E-state index contributed by atoms with van der Waals surface area (Å²) in [6, 6.07) is 21.8. The molecule has 3 N–H and O–H groups in total. The number of aromatic nitrogens is 4. The summed E-state index contributed by atoms with van der Waals surface area (Å²) in [7, 11) is -5.32. The molecule has 0 radical (unpaired) electrons. The molecule has 2 saturated heterocycles. The maximum atomic E-state index is 14.4. The first-order valence-electron chi connectivity index (χ1n) is 20.4. The number of benzene rings is 2. The molecule has 0 bridgehead atoms. The Morgan fingerprint density at radius 1 is 0.814 bits per heavy atom. The van der Waals surface area contributed by atoms with Gasteiger partial charge in [0.1, 0.15) is 18.6 Å². The minimum atomic E-state index is -2.98. The van der Waals surface area contributed by atoms with E-state index in [9.17, 15) is 24.0 Å². The third kappa shape index (κ3) is 8.10. The van der Waals surface area contributed by atoms with Gasteiger partial charge >= 0.3 is 11.4 Å². The number of aryl methyl sites for hydroxylation is 1. The number of H-pyrrole nitrogens is 2. The van der Waals surface area contributed by atoms with Gasteiger partial charge in [0.05, 0.1) is 24.7 Å². The van der Waals surface area contributed by atoms with Gasteiger partial charge in [-0.15, -0.1) is 0 Å². The number of hydrogen-bond acceptors (Lipinski definition) is 9. The highest BCUT2D eigenvalue weighted by atomic mass is 28.4. The zero-order valence-electron chi connectivity index (χ0n) is 35.3. The summed E-state index contributed by atoms with van der Waals surface area (Å²) >= 11 is 0. The monoisotopic (exact) mass is 843 g/mol. The van der Waals surface area contributed by atoms with Crippen LogP contribution in [0.25, 0.3) is 0 Å². The first-order chi connectivity index (χ1) is 27.7. The van der Waals surface area contributed by atoms with Gasteiger partial charge in [-0.1, -0.05) is 102 Å². The highest BCUT2D eigenvalue weighted by Crippen LogP contribution is 2.61. The zero-order valence-corrected chi connectivity index (χ0v) is 37.3. The molecule has 16 heteroatoms. The highest BCUT2D eigenvalue weighted by molar-refractivity contribution is 6.99. The Balaban J connectivity index is 1.16. The molecular formula is C43H57N5O9Si2. The molecular weight excluding hydrogens is 787 g/mol. The van der Waals surface area contributed by atoms with Gasteiger partial charge in [0.2, 0.25) is 5.91 Å². The Morgan fingerprint density at radius 3 is 2.00 bits per heavy atom. The van der Waals surface area contributed by atoms with Gasteiger partial charge in [-0.05, 0) is 40.5 Å². The van der Waals surface area contributed by atoms with Crippen molar-refractivity contribution in [1.82, 2.24) is 24.4 Å². The molecule has 1 amide bonds. The van der Waals surface area contributed by atoms with Crippen LogP contribution in [0.15, 0.2) is 98.3 Å². The van der Waals surface area contributed by atoms with Crippen molar-refractivity contribution in [3.63, 3.8) is 0 Å². The summed E-state index contributed by atoms with van der Waals surface area (Å²) in [6.45, 7) is 19.2. The minimum Gasteiger partial charge on any atom is -0.411 e. The van der Waals surface area contributed by atoms with Crippen LogP contribution in [-0.4, -0.2) is 73.1 Å². The van der Waals surface area contributed by atoms with Crippen LogP contribution in [0.3, 0.4) is 0 Å². The molecule has 8 atom stereocenters. The number of aromatic amines is 2. The maximum Gasteiger partial charge on any atom is 0.330 e. The predicted molar refractivity (Wildman–Crippen MR) is 229 cm³/mol. The zero-order chi connectivity index (χ0) is 42.7. The van der Waals surface area contributed by atoms with Crippen LogP contribution in [0.5, 0.6) is 0 Å². The van der Waals surface area contributed by atoms with E-state index in [-0.39, 0.29) is 41.0 Å². The molecule has 1 saturated carbocycles. The molecule has 2 aromatic carbocycles. The van der Waals surface area contributed by atoms with Gasteiger partial charge in [-0.3, -0.25) is 33.5 Å². The summed E-state index contributed by atoms with van der Waals surface area (Å²) in [5, 5.41) is 4.93. The van der Waals surface area contributed by atoms with E-state index in [4.69, 9.17) is 18.3 Å². The fourth-order valence-corrected chi connectivity index (χ4v) is 14.7. The van der Waals surface area contributed by atoms with Gasteiger partial charge in [-0.25, -0.2) is 9.59 Å².